The molecule has 2 N–H and O–H groups in total. The summed E-state index contributed by atoms with van der Waals surface area (Å²) < 4.78 is 4.56. The maximum absolute atomic E-state index is 11.5. The van der Waals surface area contributed by atoms with E-state index in [0.29, 0.717) is 13.0 Å². The lowest BCUT2D eigenvalue weighted by molar-refractivity contribution is -0.140. The number of nitrogens with one attached hydrogen (secondary N) is 1. The molecule has 0 saturated heterocycles. The fraction of sp³-hybridized carbons (Fsp3) is 0.474. The Morgan fingerprint density at radius 1 is 1.32 bits per heavy atom. The molecule has 0 aliphatic heterocycles. The molecule has 0 aromatic heterocycles. The molecular weight excluding hydrogens is 320 g/mol. The molecule has 1 unspecified atom stereocenters. The summed E-state index contributed by atoms with van der Waals surface area (Å²) in [5.41, 5.74) is 1.71. The fourth-order valence-electron chi connectivity index (χ4n) is 2.18. The number of hydrogen-bond acceptors (Lipinski definition) is 5. The summed E-state index contributed by atoms with van der Waals surface area (Å²) in [7, 11) is 4.85. The molecule has 6 nitrogen and oxygen atoms in total. The van der Waals surface area contributed by atoms with Crippen LogP contribution in [0.2, 0.25) is 0 Å². The predicted molar refractivity (Wildman–Crippen MR) is 97.6 cm³/mol. The van der Waals surface area contributed by atoms with E-state index in [1.165, 1.54) is 7.11 Å². The monoisotopic (exact) mass is 348 g/mol. The molecule has 0 fully saturated rings. The highest BCUT2D eigenvalue weighted by Crippen LogP contribution is 2.14. The smallest absolute Gasteiger partial charge is 0.306 e. The van der Waals surface area contributed by atoms with Gasteiger partial charge in [-0.3, -0.25) is 14.9 Å². The van der Waals surface area contributed by atoms with Gasteiger partial charge in [-0.05, 0) is 30.0 Å². The number of rotatable bonds is 10. The Balaban J connectivity index is 2.44. The molecule has 1 amide bonds. The zero-order valence-electron chi connectivity index (χ0n) is 15.2. The highest BCUT2D eigenvalue weighted by atomic mass is 16.5. The summed E-state index contributed by atoms with van der Waals surface area (Å²) in [6.45, 7) is 0.341. The molecule has 1 aromatic carbocycles. The number of carbonyl (C=O) groups excluding carboxylic acids is 2. The molecule has 0 bridgehead atoms. The summed E-state index contributed by atoms with van der Waals surface area (Å²) in [6.07, 6.45) is 5.55. The van der Waals surface area contributed by atoms with Gasteiger partial charge in [0.15, 0.2) is 0 Å². The maximum Gasteiger partial charge on any atom is 0.306 e. The van der Waals surface area contributed by atoms with Crippen LogP contribution in [0.3, 0.4) is 0 Å². The highest BCUT2D eigenvalue weighted by molar-refractivity contribution is 5.75. The third-order valence-electron chi connectivity index (χ3n) is 3.69. The van der Waals surface area contributed by atoms with Gasteiger partial charge in [-0.15, -0.1) is 0 Å². The molecule has 0 heterocycles. The van der Waals surface area contributed by atoms with Crippen LogP contribution in [0.25, 0.3) is 6.08 Å². The minimum absolute atomic E-state index is 0.136. The van der Waals surface area contributed by atoms with Crippen LogP contribution in [-0.4, -0.2) is 49.6 Å². The standard InChI is InChI=1S/C19H28N2O4/c1-21(2)17(22)11-6-4-5-8-15-9-7-10-16(14-15)19(24)20-13-12-18(23)25-3/h5,7-10,14,19-20,24H,4,6,11-13H2,1-3H3. The third kappa shape index (κ3) is 8.47. The minimum Gasteiger partial charge on any atom is -0.469 e. The summed E-state index contributed by atoms with van der Waals surface area (Å²) in [4.78, 5) is 24.1. The van der Waals surface area contributed by atoms with Crippen LogP contribution in [0.15, 0.2) is 30.3 Å². The van der Waals surface area contributed by atoms with Gasteiger partial charge >= 0.3 is 5.97 Å². The van der Waals surface area contributed by atoms with E-state index in [9.17, 15) is 14.7 Å². The van der Waals surface area contributed by atoms with E-state index in [2.05, 4.69) is 10.1 Å². The Labute approximate surface area is 149 Å². The fourth-order valence-corrected chi connectivity index (χ4v) is 2.18. The zero-order chi connectivity index (χ0) is 18.7. The molecule has 0 saturated carbocycles. The van der Waals surface area contributed by atoms with E-state index in [-0.39, 0.29) is 18.3 Å². The van der Waals surface area contributed by atoms with Crippen molar-refractivity contribution in [3.8, 4) is 0 Å². The van der Waals surface area contributed by atoms with Gasteiger partial charge in [-0.2, -0.15) is 0 Å². The normalized spacial score (nSPS) is 12.2. The molecule has 6 heteroatoms. The molecule has 0 radical (unpaired) electrons. The Kier molecular flexibility index (Phi) is 9.50. The van der Waals surface area contributed by atoms with Gasteiger partial charge in [0.05, 0.1) is 13.5 Å². The number of allylic oxidation sites excluding steroid dienone is 1. The number of hydrogen-bond donors (Lipinski definition) is 2. The van der Waals surface area contributed by atoms with Crippen molar-refractivity contribution in [1.82, 2.24) is 10.2 Å². The Bertz CT molecular complexity index is 585. The Morgan fingerprint density at radius 3 is 2.76 bits per heavy atom. The molecule has 0 aliphatic carbocycles. The molecule has 25 heavy (non-hydrogen) atoms. The van der Waals surface area contributed by atoms with Crippen molar-refractivity contribution < 1.29 is 19.4 Å². The second-order valence-electron chi connectivity index (χ2n) is 5.94. The average Bonchev–Trinajstić information content (AvgIpc) is 2.61. The number of aliphatic hydroxyl groups excluding tert-OH is 1. The lowest BCUT2D eigenvalue weighted by Crippen LogP contribution is -2.24. The average molecular weight is 348 g/mol. The van der Waals surface area contributed by atoms with Crippen LogP contribution >= 0.6 is 0 Å². The molecule has 1 rings (SSSR count). The van der Waals surface area contributed by atoms with Crippen molar-refractivity contribution in [3.63, 3.8) is 0 Å². The van der Waals surface area contributed by atoms with E-state index in [0.717, 1.165) is 24.0 Å². The lowest BCUT2D eigenvalue weighted by atomic mass is 10.1. The number of esters is 1. The molecule has 1 aromatic rings. The van der Waals surface area contributed by atoms with Gasteiger partial charge in [0, 0.05) is 27.1 Å². The van der Waals surface area contributed by atoms with E-state index < -0.39 is 6.23 Å². The molecular formula is C19H28N2O4. The molecule has 138 valence electrons. The first-order chi connectivity index (χ1) is 11.9. The lowest BCUT2D eigenvalue weighted by Gasteiger charge is -2.13. The molecule has 0 aliphatic rings. The Morgan fingerprint density at radius 2 is 2.08 bits per heavy atom. The first kappa shape index (κ1) is 20.9. The van der Waals surface area contributed by atoms with Crippen molar-refractivity contribution in [2.45, 2.75) is 31.9 Å². The van der Waals surface area contributed by atoms with Gasteiger partial charge < -0.3 is 14.7 Å². The second-order valence-corrected chi connectivity index (χ2v) is 5.94. The van der Waals surface area contributed by atoms with E-state index in [1.54, 1.807) is 19.0 Å². The number of benzene rings is 1. The summed E-state index contributed by atoms with van der Waals surface area (Å²) in [5.74, 6) is -0.180. The van der Waals surface area contributed by atoms with Crippen LogP contribution in [0.4, 0.5) is 0 Å². The zero-order valence-corrected chi connectivity index (χ0v) is 15.2. The van der Waals surface area contributed by atoms with E-state index in [1.807, 2.05) is 36.4 Å². The van der Waals surface area contributed by atoms with Crippen molar-refractivity contribution in [2.24, 2.45) is 0 Å². The third-order valence-corrected chi connectivity index (χ3v) is 3.69. The van der Waals surface area contributed by atoms with Crippen molar-refractivity contribution >= 4 is 18.0 Å². The number of ether oxygens (including phenoxy) is 1. The quantitative estimate of drug-likeness (QED) is 0.385. The van der Waals surface area contributed by atoms with Crippen LogP contribution in [0, 0.1) is 0 Å². The van der Waals surface area contributed by atoms with Crippen LogP contribution < -0.4 is 5.32 Å². The number of unbranched alkanes of at least 4 members (excludes halogenated alkanes) is 1. The molecule has 1 atom stereocenters. The van der Waals surface area contributed by atoms with E-state index >= 15 is 0 Å². The van der Waals surface area contributed by atoms with Gasteiger partial charge in [0.25, 0.3) is 0 Å². The number of methoxy groups -OCH3 is 1. The van der Waals surface area contributed by atoms with E-state index in [4.69, 9.17) is 0 Å². The largest absolute Gasteiger partial charge is 0.469 e. The minimum atomic E-state index is -0.837. The van der Waals surface area contributed by atoms with Crippen LogP contribution in [0.1, 0.15) is 43.0 Å². The van der Waals surface area contributed by atoms with Crippen LogP contribution in [-0.2, 0) is 14.3 Å². The van der Waals surface area contributed by atoms with Crippen molar-refractivity contribution in [2.75, 3.05) is 27.7 Å². The number of carbonyl (C=O) groups is 2. The first-order valence-corrected chi connectivity index (χ1v) is 8.39. The number of aliphatic hydroxyl groups is 1. The number of amides is 1. The summed E-state index contributed by atoms with van der Waals surface area (Å²) >= 11 is 0. The summed E-state index contributed by atoms with van der Waals surface area (Å²) in [5, 5.41) is 13.0. The van der Waals surface area contributed by atoms with Gasteiger partial charge in [-0.25, -0.2) is 0 Å². The van der Waals surface area contributed by atoms with Crippen molar-refractivity contribution in [1.29, 1.82) is 0 Å². The second kappa shape index (κ2) is 11.4. The SMILES string of the molecule is COC(=O)CCNC(O)c1cccc(C=CCCCC(=O)N(C)C)c1. The topological polar surface area (TPSA) is 78.9 Å². The Hall–Kier alpha value is -2.18. The van der Waals surface area contributed by atoms with Gasteiger partial charge in [0.2, 0.25) is 5.91 Å². The number of nitrogens with zero attached hydrogens (tertiary/aromatic N) is 1. The van der Waals surface area contributed by atoms with Gasteiger partial charge in [0.1, 0.15) is 6.23 Å². The molecule has 0 spiro atoms. The highest BCUT2D eigenvalue weighted by Gasteiger charge is 2.08. The first-order valence-electron chi connectivity index (χ1n) is 8.39. The van der Waals surface area contributed by atoms with Gasteiger partial charge in [-0.1, -0.05) is 30.4 Å². The summed E-state index contributed by atoms with van der Waals surface area (Å²) in [6, 6.07) is 7.53. The maximum atomic E-state index is 11.5. The van der Waals surface area contributed by atoms with Crippen LogP contribution in [0.5, 0.6) is 0 Å². The van der Waals surface area contributed by atoms with Crippen molar-refractivity contribution in [3.05, 3.63) is 41.5 Å². The predicted octanol–water partition coefficient (Wildman–Crippen LogP) is 2.10.